The Labute approximate surface area is 141 Å². The standard InChI is InChI=1S/C14H9Cl2N5S/c15-11-3-1-2-10(12(11)16)8-18-21-13(19-20-14(21)22)9-4-6-17-7-5-9/h1-8H,(H,20,22)/b18-8+. The number of aromatic nitrogens is 4. The molecule has 22 heavy (non-hydrogen) atoms. The van der Waals surface area contributed by atoms with E-state index in [1.165, 1.54) is 4.68 Å². The lowest BCUT2D eigenvalue weighted by atomic mass is 10.2. The number of pyridine rings is 1. The number of H-pyrrole nitrogens is 1. The van der Waals surface area contributed by atoms with Crippen molar-refractivity contribution in [3.8, 4) is 11.4 Å². The minimum Gasteiger partial charge on any atom is -0.265 e. The minimum absolute atomic E-state index is 0.376. The van der Waals surface area contributed by atoms with Crippen LogP contribution in [0.4, 0.5) is 0 Å². The average molecular weight is 350 g/mol. The van der Waals surface area contributed by atoms with Crippen LogP contribution in [0.1, 0.15) is 5.56 Å². The first-order valence-corrected chi connectivity index (χ1v) is 7.39. The Morgan fingerprint density at radius 3 is 2.73 bits per heavy atom. The van der Waals surface area contributed by atoms with Gasteiger partial charge in [0.05, 0.1) is 16.3 Å². The summed E-state index contributed by atoms with van der Waals surface area (Å²) in [5.41, 5.74) is 1.54. The molecule has 0 aliphatic heterocycles. The molecule has 0 spiro atoms. The highest BCUT2D eigenvalue weighted by Crippen LogP contribution is 2.24. The molecule has 0 saturated heterocycles. The largest absolute Gasteiger partial charge is 0.265 e. The van der Waals surface area contributed by atoms with Gasteiger partial charge in [0, 0.05) is 23.5 Å². The van der Waals surface area contributed by atoms with Gasteiger partial charge in [-0.05, 0) is 30.4 Å². The fraction of sp³-hybridized carbons (Fsp3) is 0. The van der Waals surface area contributed by atoms with E-state index in [1.54, 1.807) is 30.7 Å². The summed E-state index contributed by atoms with van der Waals surface area (Å²) in [7, 11) is 0. The average Bonchev–Trinajstić information content (AvgIpc) is 2.91. The van der Waals surface area contributed by atoms with Gasteiger partial charge in [0.2, 0.25) is 4.77 Å². The van der Waals surface area contributed by atoms with Crippen LogP contribution in [-0.2, 0) is 0 Å². The number of aromatic amines is 1. The molecule has 0 amide bonds. The van der Waals surface area contributed by atoms with E-state index in [1.807, 2.05) is 18.2 Å². The van der Waals surface area contributed by atoms with Crippen LogP contribution < -0.4 is 0 Å². The number of hydrogen-bond donors (Lipinski definition) is 1. The second kappa shape index (κ2) is 6.39. The van der Waals surface area contributed by atoms with Crippen molar-refractivity contribution in [3.63, 3.8) is 0 Å². The van der Waals surface area contributed by atoms with E-state index in [2.05, 4.69) is 20.3 Å². The molecule has 0 atom stereocenters. The van der Waals surface area contributed by atoms with Gasteiger partial charge in [-0.2, -0.15) is 14.9 Å². The highest BCUT2D eigenvalue weighted by atomic mass is 35.5. The van der Waals surface area contributed by atoms with Crippen molar-refractivity contribution in [2.24, 2.45) is 5.10 Å². The molecule has 0 fully saturated rings. The van der Waals surface area contributed by atoms with Crippen LogP contribution in [0.2, 0.25) is 10.0 Å². The summed E-state index contributed by atoms with van der Waals surface area (Å²) < 4.78 is 1.89. The van der Waals surface area contributed by atoms with Gasteiger partial charge < -0.3 is 0 Å². The topological polar surface area (TPSA) is 58.9 Å². The lowest BCUT2D eigenvalue weighted by Gasteiger charge is -2.02. The molecule has 2 heterocycles. The molecule has 8 heteroatoms. The molecule has 5 nitrogen and oxygen atoms in total. The highest BCUT2D eigenvalue weighted by Gasteiger charge is 2.08. The van der Waals surface area contributed by atoms with Crippen LogP contribution in [0.25, 0.3) is 11.4 Å². The second-order valence-electron chi connectivity index (χ2n) is 4.29. The Balaban J connectivity index is 2.03. The Bertz CT molecular complexity index is 886. The summed E-state index contributed by atoms with van der Waals surface area (Å²) in [5.74, 6) is 0.585. The van der Waals surface area contributed by atoms with Crippen molar-refractivity contribution >= 4 is 41.6 Å². The molecule has 1 N–H and O–H groups in total. The van der Waals surface area contributed by atoms with Crippen molar-refractivity contribution < 1.29 is 0 Å². The molecule has 0 aliphatic rings. The maximum absolute atomic E-state index is 6.14. The smallest absolute Gasteiger partial charge is 0.216 e. The number of nitrogens with zero attached hydrogens (tertiary/aromatic N) is 4. The molecule has 3 rings (SSSR count). The van der Waals surface area contributed by atoms with Crippen LogP contribution in [0, 0.1) is 4.77 Å². The van der Waals surface area contributed by atoms with Crippen LogP contribution >= 0.6 is 35.4 Å². The highest BCUT2D eigenvalue weighted by molar-refractivity contribution is 7.71. The monoisotopic (exact) mass is 349 g/mol. The number of hydrogen-bond acceptors (Lipinski definition) is 4. The van der Waals surface area contributed by atoms with E-state index >= 15 is 0 Å². The quantitative estimate of drug-likeness (QED) is 0.569. The Kier molecular flexibility index (Phi) is 4.33. The van der Waals surface area contributed by atoms with Gasteiger partial charge in [-0.1, -0.05) is 35.3 Å². The number of halogens is 2. The van der Waals surface area contributed by atoms with Gasteiger partial charge in [0.1, 0.15) is 0 Å². The van der Waals surface area contributed by atoms with Crippen LogP contribution in [0.5, 0.6) is 0 Å². The zero-order valence-corrected chi connectivity index (χ0v) is 13.4. The van der Waals surface area contributed by atoms with Crippen LogP contribution in [0.3, 0.4) is 0 Å². The molecule has 0 aliphatic carbocycles. The van der Waals surface area contributed by atoms with Gasteiger partial charge in [-0.25, -0.2) is 5.10 Å². The number of benzene rings is 1. The Morgan fingerprint density at radius 1 is 1.18 bits per heavy atom. The maximum Gasteiger partial charge on any atom is 0.216 e. The van der Waals surface area contributed by atoms with Crippen molar-refractivity contribution in [2.75, 3.05) is 0 Å². The molecule has 110 valence electrons. The molecule has 0 bridgehead atoms. The van der Waals surface area contributed by atoms with Crippen molar-refractivity contribution in [1.82, 2.24) is 19.9 Å². The molecule has 2 aromatic heterocycles. The SMILES string of the molecule is S=c1[nH]nc(-c2ccncc2)n1/N=C/c1cccc(Cl)c1Cl. The third-order valence-electron chi connectivity index (χ3n) is 2.88. The van der Waals surface area contributed by atoms with Crippen LogP contribution in [-0.4, -0.2) is 26.1 Å². The molecular weight excluding hydrogens is 341 g/mol. The Hall–Kier alpha value is -2.02. The van der Waals surface area contributed by atoms with E-state index in [9.17, 15) is 0 Å². The summed E-state index contributed by atoms with van der Waals surface area (Å²) in [4.78, 5) is 3.98. The van der Waals surface area contributed by atoms with Crippen molar-refractivity contribution in [1.29, 1.82) is 0 Å². The fourth-order valence-corrected chi connectivity index (χ4v) is 2.36. The predicted octanol–water partition coefficient (Wildman–Crippen LogP) is 4.19. The molecular formula is C14H9Cl2N5S. The minimum atomic E-state index is 0.376. The van der Waals surface area contributed by atoms with E-state index in [4.69, 9.17) is 35.4 Å². The van der Waals surface area contributed by atoms with E-state index in [0.717, 1.165) is 5.56 Å². The predicted molar refractivity (Wildman–Crippen MR) is 90.1 cm³/mol. The first kappa shape index (κ1) is 14.9. The molecule has 0 unspecified atom stereocenters. The summed E-state index contributed by atoms with van der Waals surface area (Å²) in [6.07, 6.45) is 4.94. The zero-order valence-electron chi connectivity index (χ0n) is 11.1. The summed E-state index contributed by atoms with van der Waals surface area (Å²) in [6, 6.07) is 8.97. The first-order chi connectivity index (χ1) is 10.7. The molecule has 1 aromatic carbocycles. The van der Waals surface area contributed by atoms with E-state index in [0.29, 0.717) is 26.2 Å². The lowest BCUT2D eigenvalue weighted by molar-refractivity contribution is 0.871. The van der Waals surface area contributed by atoms with Crippen molar-refractivity contribution in [3.05, 3.63) is 63.1 Å². The second-order valence-corrected chi connectivity index (χ2v) is 5.46. The number of nitrogens with one attached hydrogen (secondary N) is 1. The van der Waals surface area contributed by atoms with Gasteiger partial charge in [-0.3, -0.25) is 4.98 Å². The van der Waals surface area contributed by atoms with Crippen LogP contribution in [0.15, 0.2) is 47.8 Å². The zero-order chi connectivity index (χ0) is 15.5. The Morgan fingerprint density at radius 2 is 1.95 bits per heavy atom. The molecule has 0 radical (unpaired) electrons. The van der Waals surface area contributed by atoms with Gasteiger partial charge in [0.15, 0.2) is 5.82 Å². The van der Waals surface area contributed by atoms with Crippen molar-refractivity contribution in [2.45, 2.75) is 0 Å². The third kappa shape index (κ3) is 2.94. The summed E-state index contributed by atoms with van der Waals surface area (Å²) in [6.45, 7) is 0. The van der Waals surface area contributed by atoms with Gasteiger partial charge >= 0.3 is 0 Å². The van der Waals surface area contributed by atoms with Gasteiger partial charge in [0.25, 0.3) is 0 Å². The summed E-state index contributed by atoms with van der Waals surface area (Å²) in [5, 5.41) is 12.2. The number of rotatable bonds is 3. The third-order valence-corrected chi connectivity index (χ3v) is 3.98. The lowest BCUT2D eigenvalue weighted by Crippen LogP contribution is -1.95. The maximum atomic E-state index is 6.14. The van der Waals surface area contributed by atoms with E-state index in [-0.39, 0.29) is 0 Å². The summed E-state index contributed by atoms with van der Waals surface area (Å²) >= 11 is 17.3. The fourth-order valence-electron chi connectivity index (χ4n) is 1.83. The normalized spacial score (nSPS) is 11.2. The molecule has 0 saturated carbocycles. The molecule has 3 aromatic rings. The van der Waals surface area contributed by atoms with E-state index < -0.39 is 0 Å². The first-order valence-electron chi connectivity index (χ1n) is 6.23. The van der Waals surface area contributed by atoms with Gasteiger partial charge in [-0.15, -0.1) is 0 Å².